The third-order valence-corrected chi connectivity index (χ3v) is 9.86. The van der Waals surface area contributed by atoms with Crippen molar-refractivity contribution in [3.63, 3.8) is 0 Å². The zero-order valence-electron chi connectivity index (χ0n) is 15.4. The quantitative estimate of drug-likeness (QED) is 0.289. The van der Waals surface area contributed by atoms with Crippen molar-refractivity contribution in [3.8, 4) is 0 Å². The van der Waals surface area contributed by atoms with E-state index in [0.717, 1.165) is 4.90 Å². The minimum Gasteiger partial charge on any atom is -0.724 e. The molecule has 2 atom stereocenters. The van der Waals surface area contributed by atoms with Gasteiger partial charge < -0.3 is 19.6 Å². The van der Waals surface area contributed by atoms with Crippen molar-refractivity contribution in [2.45, 2.75) is 51.0 Å². The standard InChI is InChI=1S/C14H25N3O7SSi/c1-14(2,3)26(4,5)23-8-9-6-10-7-16(11(9)12(15)18)13(19)17(10)24-25(20,21)22/h6,10-11H,7-8H2,1-5H3,(H2,15,18)(H,20,21,22)/p-1/t10-,11+/m1/s1. The summed E-state index contributed by atoms with van der Waals surface area (Å²) in [7, 11) is -7.27. The molecule has 1 fully saturated rings. The van der Waals surface area contributed by atoms with Crippen LogP contribution in [0.3, 0.4) is 0 Å². The highest BCUT2D eigenvalue weighted by molar-refractivity contribution is 7.80. The van der Waals surface area contributed by atoms with E-state index >= 15 is 0 Å². The molecule has 0 radical (unpaired) electrons. The maximum Gasteiger partial charge on any atom is 0.346 e. The fourth-order valence-electron chi connectivity index (χ4n) is 2.63. The highest BCUT2D eigenvalue weighted by Gasteiger charge is 2.49. The summed E-state index contributed by atoms with van der Waals surface area (Å²) < 4.78 is 42.9. The summed E-state index contributed by atoms with van der Waals surface area (Å²) in [5.41, 5.74) is 5.89. The molecule has 0 unspecified atom stereocenters. The van der Waals surface area contributed by atoms with Crippen LogP contribution in [0.15, 0.2) is 11.6 Å². The maximum atomic E-state index is 12.3. The molecular formula is C14H24N3O7SSi-. The van der Waals surface area contributed by atoms with Crippen molar-refractivity contribution >= 4 is 30.7 Å². The Morgan fingerprint density at radius 3 is 2.46 bits per heavy atom. The van der Waals surface area contributed by atoms with E-state index in [1.807, 2.05) is 13.1 Å². The van der Waals surface area contributed by atoms with E-state index in [9.17, 15) is 22.6 Å². The first-order valence-corrected chi connectivity index (χ1v) is 12.3. The van der Waals surface area contributed by atoms with Crippen LogP contribution in [-0.4, -0.2) is 68.4 Å². The van der Waals surface area contributed by atoms with Crippen molar-refractivity contribution in [1.82, 2.24) is 9.96 Å². The molecule has 0 aromatic rings. The van der Waals surface area contributed by atoms with Gasteiger partial charge in [0.15, 0.2) is 8.32 Å². The molecule has 0 aromatic heterocycles. The van der Waals surface area contributed by atoms with Crippen molar-refractivity contribution in [3.05, 3.63) is 11.6 Å². The van der Waals surface area contributed by atoms with Gasteiger partial charge in [-0.1, -0.05) is 26.8 Å². The van der Waals surface area contributed by atoms with E-state index < -0.39 is 42.7 Å². The van der Waals surface area contributed by atoms with E-state index in [2.05, 4.69) is 25.1 Å². The van der Waals surface area contributed by atoms with Crippen LogP contribution in [0.1, 0.15) is 20.8 Å². The molecule has 2 aliphatic rings. The molecule has 0 spiro atoms. The highest BCUT2D eigenvalue weighted by atomic mass is 32.3. The average molecular weight is 407 g/mol. The van der Waals surface area contributed by atoms with Crippen LogP contribution >= 0.6 is 0 Å². The van der Waals surface area contributed by atoms with Gasteiger partial charge in [-0.3, -0.25) is 4.79 Å². The summed E-state index contributed by atoms with van der Waals surface area (Å²) in [5, 5.41) is 0.392. The van der Waals surface area contributed by atoms with Crippen LogP contribution in [0.5, 0.6) is 0 Å². The molecule has 26 heavy (non-hydrogen) atoms. The number of carbonyl (C=O) groups excluding carboxylic acids is 2. The molecule has 0 saturated carbocycles. The number of hydrogen-bond acceptors (Lipinski definition) is 7. The van der Waals surface area contributed by atoms with Crippen LogP contribution in [0.4, 0.5) is 4.79 Å². The Bertz CT molecular complexity index is 744. The molecule has 2 bridgehead atoms. The Hall–Kier alpha value is -1.47. The van der Waals surface area contributed by atoms with E-state index in [1.54, 1.807) is 0 Å². The number of carbonyl (C=O) groups is 2. The normalized spacial score (nSPS) is 24.1. The van der Waals surface area contributed by atoms with Crippen LogP contribution in [0.2, 0.25) is 18.1 Å². The van der Waals surface area contributed by atoms with E-state index in [-0.39, 0.29) is 18.2 Å². The topological polar surface area (TPSA) is 142 Å². The second-order valence-electron chi connectivity index (χ2n) is 7.91. The van der Waals surface area contributed by atoms with Crippen LogP contribution in [0.25, 0.3) is 0 Å². The van der Waals surface area contributed by atoms with Gasteiger partial charge in [0.25, 0.3) is 0 Å². The Kier molecular flexibility index (Phi) is 5.29. The molecule has 2 rings (SSSR count). The summed E-state index contributed by atoms with van der Waals surface area (Å²) in [6, 6.07) is -2.80. The largest absolute Gasteiger partial charge is 0.724 e. The van der Waals surface area contributed by atoms with Gasteiger partial charge in [-0.2, -0.15) is 9.35 Å². The Morgan fingerprint density at radius 1 is 1.42 bits per heavy atom. The minimum atomic E-state index is -5.13. The molecular weight excluding hydrogens is 382 g/mol. The molecule has 2 N–H and O–H groups in total. The first-order valence-electron chi connectivity index (χ1n) is 8.03. The fourth-order valence-corrected chi connectivity index (χ4v) is 3.96. The molecule has 10 nitrogen and oxygen atoms in total. The lowest BCUT2D eigenvalue weighted by atomic mass is 9.99. The van der Waals surface area contributed by atoms with Gasteiger partial charge in [0.05, 0.1) is 19.2 Å². The first kappa shape index (κ1) is 20.8. The summed E-state index contributed by atoms with van der Waals surface area (Å²) in [5.74, 6) is -0.770. The molecule has 1 saturated heterocycles. The summed E-state index contributed by atoms with van der Waals surface area (Å²) >= 11 is 0. The third-order valence-electron chi connectivity index (χ3n) is 5.04. The first-order chi connectivity index (χ1) is 11.6. The molecule has 12 heteroatoms. The highest BCUT2D eigenvalue weighted by Crippen LogP contribution is 2.38. The predicted octanol–water partition coefficient (Wildman–Crippen LogP) is 0.300. The van der Waals surface area contributed by atoms with Gasteiger partial charge in [0, 0.05) is 0 Å². The van der Waals surface area contributed by atoms with Gasteiger partial charge >= 0.3 is 6.03 Å². The van der Waals surface area contributed by atoms with Gasteiger partial charge in [-0.25, -0.2) is 13.2 Å². The van der Waals surface area contributed by atoms with Crippen LogP contribution < -0.4 is 5.73 Å². The molecule has 0 aromatic carbocycles. The lowest BCUT2D eigenvalue weighted by Crippen LogP contribution is -2.50. The van der Waals surface area contributed by atoms with Gasteiger partial charge in [-0.15, -0.1) is 0 Å². The van der Waals surface area contributed by atoms with E-state index in [4.69, 9.17) is 10.2 Å². The zero-order valence-corrected chi connectivity index (χ0v) is 17.2. The number of primary amides is 1. The second-order valence-corrected chi connectivity index (χ2v) is 13.7. The molecule has 148 valence electrons. The SMILES string of the molecule is CC(C)(C)[Si](C)(C)OCC1=C[C@@H]2CN(C(=O)N2OS(=O)(=O)[O-])[C@@H]1C(N)=O. The zero-order chi connectivity index (χ0) is 20.1. The summed E-state index contributed by atoms with van der Waals surface area (Å²) in [6.07, 6.45) is 1.51. The number of nitrogens with two attached hydrogens (primary N) is 1. The van der Waals surface area contributed by atoms with Crippen LogP contribution in [0, 0.1) is 0 Å². The molecule has 3 amide bonds. The number of hydrogen-bond donors (Lipinski definition) is 1. The number of urea groups is 1. The molecule has 0 aliphatic carbocycles. The summed E-state index contributed by atoms with van der Waals surface area (Å²) in [4.78, 5) is 25.3. The third kappa shape index (κ3) is 4.09. The monoisotopic (exact) mass is 406 g/mol. The van der Waals surface area contributed by atoms with E-state index in [1.165, 1.54) is 6.08 Å². The number of rotatable bonds is 6. The van der Waals surface area contributed by atoms with Gasteiger partial charge in [0.2, 0.25) is 16.3 Å². The average Bonchev–Trinajstić information content (AvgIpc) is 2.67. The van der Waals surface area contributed by atoms with E-state index in [0.29, 0.717) is 10.6 Å². The van der Waals surface area contributed by atoms with Gasteiger partial charge in [-0.05, 0) is 23.7 Å². The second kappa shape index (κ2) is 6.60. The maximum absolute atomic E-state index is 12.3. The predicted molar refractivity (Wildman–Crippen MR) is 92.7 cm³/mol. The molecule has 2 heterocycles. The fraction of sp³-hybridized carbons (Fsp3) is 0.714. The minimum absolute atomic E-state index is 0.00838. The number of amides is 3. The van der Waals surface area contributed by atoms with Crippen molar-refractivity contribution in [1.29, 1.82) is 0 Å². The van der Waals surface area contributed by atoms with Gasteiger partial charge in [0.1, 0.15) is 6.04 Å². The smallest absolute Gasteiger partial charge is 0.346 e. The van der Waals surface area contributed by atoms with Crippen molar-refractivity contribution in [2.24, 2.45) is 5.73 Å². The number of nitrogens with zero attached hydrogens (tertiary/aromatic N) is 2. The Labute approximate surface area is 153 Å². The molecule has 2 aliphatic heterocycles. The Balaban J connectivity index is 2.29. The lowest BCUT2D eigenvalue weighted by molar-refractivity contribution is -0.121. The summed E-state index contributed by atoms with van der Waals surface area (Å²) in [6.45, 7) is 10.3. The number of fused-ring (bicyclic) bond motifs is 2. The van der Waals surface area contributed by atoms with Crippen LogP contribution in [-0.2, 0) is 23.9 Å². The van der Waals surface area contributed by atoms with Crippen molar-refractivity contribution in [2.75, 3.05) is 13.2 Å². The number of hydroxylamine groups is 2. The van der Waals surface area contributed by atoms with Crippen molar-refractivity contribution < 1.29 is 31.3 Å². The Morgan fingerprint density at radius 2 is 2.00 bits per heavy atom. The lowest BCUT2D eigenvalue weighted by Gasteiger charge is -2.38.